The van der Waals surface area contributed by atoms with E-state index in [9.17, 15) is 34.8 Å². The first-order chi connectivity index (χ1) is 19.1. The van der Waals surface area contributed by atoms with Crippen LogP contribution in [-0.2, 0) is 16.0 Å². The van der Waals surface area contributed by atoms with Crippen LogP contribution in [0.3, 0.4) is 0 Å². The Morgan fingerprint density at radius 1 is 1.00 bits per heavy atom. The number of carbonyl (C=O) groups excluding carboxylic acids is 3. The van der Waals surface area contributed by atoms with E-state index < -0.39 is 58.0 Å². The molecule has 0 heterocycles. The fraction of sp³-hybridized carbons (Fsp3) is 0.387. The summed E-state index contributed by atoms with van der Waals surface area (Å²) in [5.74, 6) is -6.64. The number of rotatable bonds is 4. The number of hydrogen-bond acceptors (Lipinski definition) is 9. The lowest BCUT2D eigenvalue weighted by atomic mass is 9.58. The van der Waals surface area contributed by atoms with E-state index in [1.807, 2.05) is 57.1 Å². The van der Waals surface area contributed by atoms with Gasteiger partial charge >= 0.3 is 0 Å². The van der Waals surface area contributed by atoms with E-state index in [4.69, 9.17) is 5.73 Å². The van der Waals surface area contributed by atoms with Gasteiger partial charge in [-0.3, -0.25) is 19.3 Å². The third-order valence-electron chi connectivity index (χ3n) is 8.71. The molecule has 3 aliphatic carbocycles. The molecule has 0 bridgehead atoms. The number of fused-ring (bicyclic) bond motifs is 3. The molecule has 0 aliphatic heterocycles. The number of benzene rings is 2. The van der Waals surface area contributed by atoms with Gasteiger partial charge in [0.1, 0.15) is 22.8 Å². The summed E-state index contributed by atoms with van der Waals surface area (Å²) in [6.45, 7) is 3.87. The molecule has 0 spiro atoms. The Balaban J connectivity index is 1.77. The summed E-state index contributed by atoms with van der Waals surface area (Å²) in [5.41, 5.74) is 6.12. The van der Waals surface area contributed by atoms with Crippen molar-refractivity contribution in [2.75, 3.05) is 33.1 Å². The Bertz CT molecular complexity index is 1580. The van der Waals surface area contributed by atoms with Crippen molar-refractivity contribution in [1.29, 1.82) is 0 Å². The molecule has 2 aromatic rings. The van der Waals surface area contributed by atoms with E-state index in [1.165, 1.54) is 4.90 Å². The topological polar surface area (TPSA) is 165 Å². The fourth-order valence-corrected chi connectivity index (χ4v) is 7.05. The number of hydrogen-bond donors (Lipinski definition) is 5. The van der Waals surface area contributed by atoms with Crippen molar-refractivity contribution in [3.05, 3.63) is 69.2 Å². The summed E-state index contributed by atoms with van der Waals surface area (Å²) in [6, 6.07) is 6.61. The first-order valence-corrected chi connectivity index (χ1v) is 13.4. The number of aryl methyl sites for hydroxylation is 2. The van der Waals surface area contributed by atoms with Gasteiger partial charge in [0.05, 0.1) is 11.6 Å². The molecule has 0 aromatic heterocycles. The normalized spacial score (nSPS) is 25.7. The predicted octanol–water partition coefficient (Wildman–Crippen LogP) is 2.47. The van der Waals surface area contributed by atoms with Crippen molar-refractivity contribution in [3.8, 4) is 16.9 Å². The van der Waals surface area contributed by atoms with Gasteiger partial charge in [-0.1, -0.05) is 29.3 Å². The summed E-state index contributed by atoms with van der Waals surface area (Å²) < 4.78 is 0. The maximum atomic E-state index is 14.2. The number of Topliss-reactive ketones (excluding diaryl/α,β-unsaturated/α-hetero) is 2. The first-order valence-electron chi connectivity index (χ1n) is 13.4. The number of aromatic hydroxyl groups is 1. The second kappa shape index (κ2) is 9.46. The molecule has 0 unspecified atom stereocenters. The average Bonchev–Trinajstić information content (AvgIpc) is 2.85. The molecule has 4 atom stereocenters. The van der Waals surface area contributed by atoms with E-state index in [2.05, 4.69) is 0 Å². The van der Waals surface area contributed by atoms with E-state index in [0.29, 0.717) is 22.4 Å². The van der Waals surface area contributed by atoms with E-state index >= 15 is 0 Å². The number of aliphatic hydroxyl groups is 3. The molecule has 216 valence electrons. The number of primary amides is 1. The number of anilines is 1. The summed E-state index contributed by atoms with van der Waals surface area (Å²) in [5, 5.41) is 45.9. The van der Waals surface area contributed by atoms with Gasteiger partial charge in [0.25, 0.3) is 5.91 Å². The number of likely N-dealkylation sites (N-methyl/N-ethyl adjacent to an activating group) is 1. The number of nitrogens with two attached hydrogens (primary N) is 1. The Labute approximate surface area is 238 Å². The van der Waals surface area contributed by atoms with Crippen LogP contribution in [0.15, 0.2) is 46.9 Å². The summed E-state index contributed by atoms with van der Waals surface area (Å²) in [6.07, 6.45) is 0.265. The van der Waals surface area contributed by atoms with Crippen molar-refractivity contribution in [3.63, 3.8) is 0 Å². The summed E-state index contributed by atoms with van der Waals surface area (Å²) in [4.78, 5) is 43.3. The minimum Gasteiger partial charge on any atom is -0.510 e. The largest absolute Gasteiger partial charge is 0.510 e. The maximum Gasteiger partial charge on any atom is 0.255 e. The molecular formula is C31H35N3O7. The Kier molecular flexibility index (Phi) is 6.55. The van der Waals surface area contributed by atoms with Crippen molar-refractivity contribution in [1.82, 2.24) is 4.90 Å². The van der Waals surface area contributed by atoms with Crippen LogP contribution in [0.25, 0.3) is 11.1 Å². The number of carbonyl (C=O) groups is 3. The monoisotopic (exact) mass is 561 g/mol. The number of phenolic OH excluding ortho intramolecular Hbond substituents is 1. The molecule has 10 heteroatoms. The molecule has 0 fully saturated rings. The zero-order chi connectivity index (χ0) is 30.3. The maximum absolute atomic E-state index is 14.2. The molecule has 0 saturated heterocycles. The van der Waals surface area contributed by atoms with Crippen LogP contribution in [0.5, 0.6) is 5.75 Å². The Morgan fingerprint density at radius 2 is 1.61 bits per heavy atom. The van der Waals surface area contributed by atoms with Gasteiger partial charge in [0, 0.05) is 36.8 Å². The molecule has 2 aromatic carbocycles. The Hall–Kier alpha value is -4.15. The van der Waals surface area contributed by atoms with Crippen LogP contribution in [0, 0.1) is 25.7 Å². The Morgan fingerprint density at radius 3 is 2.15 bits per heavy atom. The highest BCUT2D eigenvalue weighted by Crippen LogP contribution is 2.54. The van der Waals surface area contributed by atoms with Gasteiger partial charge < -0.3 is 31.1 Å². The zero-order valence-corrected chi connectivity index (χ0v) is 23.9. The lowest BCUT2D eigenvalue weighted by Crippen LogP contribution is -2.63. The molecule has 6 N–H and O–H groups in total. The van der Waals surface area contributed by atoms with Crippen molar-refractivity contribution in [2.24, 2.45) is 17.6 Å². The third-order valence-corrected chi connectivity index (χ3v) is 8.71. The molecule has 3 aliphatic rings. The van der Waals surface area contributed by atoms with Crippen molar-refractivity contribution < 1.29 is 34.8 Å². The highest BCUT2D eigenvalue weighted by Gasteiger charge is 2.63. The van der Waals surface area contributed by atoms with Crippen LogP contribution >= 0.6 is 0 Å². The number of amides is 1. The summed E-state index contributed by atoms with van der Waals surface area (Å²) >= 11 is 0. The number of allylic oxidation sites excluding steroid dienone is 1. The molecule has 0 radical (unpaired) electrons. The fourth-order valence-electron chi connectivity index (χ4n) is 7.05. The smallest absolute Gasteiger partial charge is 0.255 e. The molecule has 0 saturated carbocycles. The second-order valence-electron chi connectivity index (χ2n) is 11.9. The summed E-state index contributed by atoms with van der Waals surface area (Å²) in [7, 11) is 6.87. The van der Waals surface area contributed by atoms with Gasteiger partial charge in [-0.05, 0) is 63.9 Å². The molecule has 5 rings (SSSR count). The molecular weight excluding hydrogens is 526 g/mol. The minimum absolute atomic E-state index is 0.00820. The highest BCUT2D eigenvalue weighted by molar-refractivity contribution is 6.25. The van der Waals surface area contributed by atoms with E-state index in [-0.39, 0.29) is 29.7 Å². The second-order valence-corrected chi connectivity index (χ2v) is 11.9. The molecule has 41 heavy (non-hydrogen) atoms. The van der Waals surface area contributed by atoms with Gasteiger partial charge in [0.2, 0.25) is 5.78 Å². The first kappa shape index (κ1) is 28.4. The van der Waals surface area contributed by atoms with Gasteiger partial charge in [-0.15, -0.1) is 0 Å². The highest BCUT2D eigenvalue weighted by atomic mass is 16.3. The lowest BCUT2D eigenvalue weighted by molar-refractivity contribution is -0.148. The zero-order valence-electron chi connectivity index (χ0n) is 23.9. The number of ketones is 2. The minimum atomic E-state index is -2.67. The average molecular weight is 562 g/mol. The number of aliphatic hydroxyl groups excluding tert-OH is 2. The van der Waals surface area contributed by atoms with Crippen molar-refractivity contribution in [2.45, 2.75) is 38.3 Å². The van der Waals surface area contributed by atoms with Crippen LogP contribution in [0.2, 0.25) is 0 Å². The molecule has 1 amide bonds. The van der Waals surface area contributed by atoms with Crippen LogP contribution < -0.4 is 10.6 Å². The van der Waals surface area contributed by atoms with Gasteiger partial charge in [-0.25, -0.2) is 0 Å². The van der Waals surface area contributed by atoms with Crippen molar-refractivity contribution >= 4 is 23.2 Å². The quantitative estimate of drug-likeness (QED) is 0.353. The van der Waals surface area contributed by atoms with Crippen LogP contribution in [0.4, 0.5) is 5.69 Å². The van der Waals surface area contributed by atoms with Gasteiger partial charge in [0.15, 0.2) is 11.4 Å². The van der Waals surface area contributed by atoms with Crippen LogP contribution in [0.1, 0.15) is 33.5 Å². The van der Waals surface area contributed by atoms with Crippen LogP contribution in [-0.4, -0.2) is 82.6 Å². The standard InChI is InChI=1S/C31H35N3O7/c1-13-7-14(2)9-15(8-13)17-12-20(33(3)4)18-10-16-11-19-24(34(5)6)27(37)23(30(32)40)29(39)31(19,41)28(38)21(16)26(36)22(18)25(17)35/h7-9,12,16,19,24,35,37-38,41H,10-11H2,1-6H3,(H2,32,40)/t16-,19-,24-,31-/m0/s1. The van der Waals surface area contributed by atoms with E-state index in [1.54, 1.807) is 14.1 Å². The predicted molar refractivity (Wildman–Crippen MR) is 153 cm³/mol. The number of nitrogens with zero attached hydrogens (tertiary/aromatic N) is 2. The number of phenols is 1. The third kappa shape index (κ3) is 3.96. The molecule has 10 nitrogen and oxygen atoms in total. The SMILES string of the molecule is Cc1cc(C)cc(-c2cc(N(C)C)c3c(c2O)C(=O)C2=C(O)[C@]4(O)C(=O)C(C(N)=O)=C(O)[C@@H](N(C)C)[C@@H]4C[C@@H]2C3)c1. The van der Waals surface area contributed by atoms with E-state index in [0.717, 1.165) is 11.1 Å². The van der Waals surface area contributed by atoms with Gasteiger partial charge in [-0.2, -0.15) is 0 Å². The lowest BCUT2D eigenvalue weighted by Gasteiger charge is -2.50.